The zero-order valence-electron chi connectivity index (χ0n) is 16.5. The lowest BCUT2D eigenvalue weighted by Crippen LogP contribution is -2.26. The van der Waals surface area contributed by atoms with Crippen LogP contribution in [0.3, 0.4) is 0 Å². The van der Waals surface area contributed by atoms with Crippen molar-refractivity contribution < 1.29 is 22.8 Å². The number of rotatable bonds is 6. The van der Waals surface area contributed by atoms with Gasteiger partial charge in [-0.1, -0.05) is 19.9 Å². The lowest BCUT2D eigenvalue weighted by atomic mass is 10.1. The standard InChI is InChI=1S/C19H17F2N3O3.C2H6/c1-10-2-5-14(13(20)6-10)23-17-12(19(25)24-27-8-11-3-4-11)7-15-18(16(17)21)22-9-26-15;1-2/h2,5-7,9,11,23H,3-4,8H2,1H3,(H,24,25);1-2H3. The Kier molecular flexibility index (Phi) is 6.43. The SMILES string of the molecule is CC.Cc1ccc(Nc2c(C(=O)NOCC3CC3)cc3ocnc3c2F)c(F)c1. The quantitative estimate of drug-likeness (QED) is 0.550. The number of nitrogens with one attached hydrogen (secondary N) is 2. The van der Waals surface area contributed by atoms with E-state index in [0.29, 0.717) is 12.5 Å². The fourth-order valence-electron chi connectivity index (χ4n) is 2.68. The van der Waals surface area contributed by atoms with E-state index in [-0.39, 0.29) is 28.0 Å². The van der Waals surface area contributed by atoms with Gasteiger partial charge >= 0.3 is 0 Å². The molecule has 1 heterocycles. The Morgan fingerprint density at radius 3 is 2.72 bits per heavy atom. The molecule has 0 saturated heterocycles. The third kappa shape index (κ3) is 4.71. The van der Waals surface area contributed by atoms with E-state index >= 15 is 0 Å². The summed E-state index contributed by atoms with van der Waals surface area (Å²) in [4.78, 5) is 21.5. The average Bonchev–Trinajstić information content (AvgIpc) is 3.41. The first-order valence-corrected chi connectivity index (χ1v) is 9.54. The highest BCUT2D eigenvalue weighted by atomic mass is 19.1. The van der Waals surface area contributed by atoms with Crippen LogP contribution in [0.25, 0.3) is 11.1 Å². The van der Waals surface area contributed by atoms with Crippen molar-refractivity contribution in [2.45, 2.75) is 33.6 Å². The van der Waals surface area contributed by atoms with Crippen molar-refractivity contribution >= 4 is 28.4 Å². The molecule has 6 nitrogen and oxygen atoms in total. The smallest absolute Gasteiger partial charge is 0.277 e. The monoisotopic (exact) mass is 403 g/mol. The Hall–Kier alpha value is -3.00. The maximum absolute atomic E-state index is 15.0. The molecule has 8 heteroatoms. The van der Waals surface area contributed by atoms with Crippen LogP contribution < -0.4 is 10.8 Å². The number of fused-ring (bicyclic) bond motifs is 1. The molecule has 0 unspecified atom stereocenters. The molecule has 29 heavy (non-hydrogen) atoms. The van der Waals surface area contributed by atoms with Crippen LogP contribution in [0.15, 0.2) is 35.1 Å². The normalized spacial score (nSPS) is 13.0. The van der Waals surface area contributed by atoms with E-state index in [1.165, 1.54) is 18.2 Å². The molecule has 1 saturated carbocycles. The molecule has 0 bridgehead atoms. The van der Waals surface area contributed by atoms with Gasteiger partial charge in [-0.2, -0.15) is 0 Å². The lowest BCUT2D eigenvalue weighted by molar-refractivity contribution is 0.0271. The second-order valence-electron chi connectivity index (χ2n) is 6.61. The molecule has 3 aromatic rings. The Labute approximate surface area is 167 Å². The second-order valence-corrected chi connectivity index (χ2v) is 6.61. The molecule has 2 aromatic carbocycles. The number of carbonyl (C=O) groups excluding carboxylic acids is 1. The van der Waals surface area contributed by atoms with Gasteiger partial charge < -0.3 is 9.73 Å². The van der Waals surface area contributed by atoms with Gasteiger partial charge in [-0.25, -0.2) is 19.2 Å². The number of aryl methyl sites for hydroxylation is 1. The maximum Gasteiger partial charge on any atom is 0.277 e. The fraction of sp³-hybridized carbons (Fsp3) is 0.333. The molecule has 1 fully saturated rings. The molecule has 0 atom stereocenters. The Morgan fingerprint density at radius 2 is 2.03 bits per heavy atom. The maximum atomic E-state index is 15.0. The zero-order chi connectivity index (χ0) is 21.0. The molecule has 1 aliphatic rings. The molecule has 2 N–H and O–H groups in total. The predicted molar refractivity (Wildman–Crippen MR) is 106 cm³/mol. The van der Waals surface area contributed by atoms with Crippen molar-refractivity contribution in [3.8, 4) is 0 Å². The number of hydrogen-bond acceptors (Lipinski definition) is 5. The van der Waals surface area contributed by atoms with Gasteiger partial charge in [0.15, 0.2) is 17.8 Å². The third-order valence-electron chi connectivity index (χ3n) is 4.38. The highest BCUT2D eigenvalue weighted by molar-refractivity contribution is 6.03. The van der Waals surface area contributed by atoms with E-state index in [1.807, 2.05) is 13.8 Å². The zero-order valence-corrected chi connectivity index (χ0v) is 16.5. The molecule has 1 aromatic heterocycles. The van der Waals surface area contributed by atoms with Crippen molar-refractivity contribution in [2.75, 3.05) is 11.9 Å². The number of oxazole rings is 1. The van der Waals surface area contributed by atoms with Crippen LogP contribution in [-0.4, -0.2) is 17.5 Å². The molecule has 1 amide bonds. The van der Waals surface area contributed by atoms with E-state index in [0.717, 1.165) is 24.8 Å². The van der Waals surface area contributed by atoms with Gasteiger partial charge in [-0.15, -0.1) is 0 Å². The van der Waals surface area contributed by atoms with Crippen LogP contribution >= 0.6 is 0 Å². The second kappa shape index (κ2) is 9.00. The van der Waals surface area contributed by atoms with E-state index in [4.69, 9.17) is 9.25 Å². The summed E-state index contributed by atoms with van der Waals surface area (Å²) in [7, 11) is 0. The minimum Gasteiger partial charge on any atom is -0.443 e. The Bertz CT molecular complexity index is 1020. The number of hydrogen-bond donors (Lipinski definition) is 2. The first-order chi connectivity index (χ1) is 14.0. The predicted octanol–water partition coefficient (Wildman–Crippen LogP) is 5.26. The highest BCUT2D eigenvalue weighted by Crippen LogP contribution is 2.32. The number of halogens is 2. The van der Waals surface area contributed by atoms with Gasteiger partial charge in [0.1, 0.15) is 11.3 Å². The van der Waals surface area contributed by atoms with Crippen molar-refractivity contribution in [1.82, 2.24) is 10.5 Å². The van der Waals surface area contributed by atoms with Gasteiger partial charge in [0.25, 0.3) is 5.91 Å². The molecule has 0 aliphatic heterocycles. The van der Waals surface area contributed by atoms with Crippen molar-refractivity contribution in [3.05, 3.63) is 53.4 Å². The van der Waals surface area contributed by atoms with Gasteiger partial charge in [0.05, 0.1) is 23.5 Å². The molecular formula is C21H23F2N3O3. The summed E-state index contributed by atoms with van der Waals surface area (Å²) >= 11 is 0. The van der Waals surface area contributed by atoms with Crippen LogP contribution in [0.2, 0.25) is 0 Å². The number of anilines is 2. The summed E-state index contributed by atoms with van der Waals surface area (Å²) in [6.45, 7) is 6.14. The molecular weight excluding hydrogens is 380 g/mol. The van der Waals surface area contributed by atoms with Crippen LogP contribution in [0.4, 0.5) is 20.2 Å². The summed E-state index contributed by atoms with van der Waals surface area (Å²) in [5, 5.41) is 2.66. The number of carbonyl (C=O) groups is 1. The molecule has 154 valence electrons. The van der Waals surface area contributed by atoms with Crippen LogP contribution in [0, 0.1) is 24.5 Å². The van der Waals surface area contributed by atoms with E-state index in [2.05, 4.69) is 15.8 Å². The first kappa shape index (κ1) is 20.7. The van der Waals surface area contributed by atoms with E-state index < -0.39 is 17.5 Å². The van der Waals surface area contributed by atoms with Gasteiger partial charge in [0.2, 0.25) is 0 Å². The lowest BCUT2D eigenvalue weighted by Gasteiger charge is -2.14. The minimum atomic E-state index is -0.812. The highest BCUT2D eigenvalue weighted by Gasteiger charge is 2.24. The Morgan fingerprint density at radius 1 is 1.28 bits per heavy atom. The summed E-state index contributed by atoms with van der Waals surface area (Å²) in [5.74, 6) is -1.60. The fourth-order valence-corrected chi connectivity index (χ4v) is 2.68. The van der Waals surface area contributed by atoms with Gasteiger partial charge in [0, 0.05) is 0 Å². The number of hydroxylamine groups is 1. The summed E-state index contributed by atoms with van der Waals surface area (Å²) in [5.41, 5.74) is 2.83. The first-order valence-electron chi connectivity index (χ1n) is 9.54. The van der Waals surface area contributed by atoms with E-state index in [1.54, 1.807) is 13.0 Å². The summed E-state index contributed by atoms with van der Waals surface area (Å²) < 4.78 is 34.3. The third-order valence-corrected chi connectivity index (χ3v) is 4.38. The topological polar surface area (TPSA) is 76.4 Å². The average molecular weight is 403 g/mol. The van der Waals surface area contributed by atoms with Crippen molar-refractivity contribution in [2.24, 2.45) is 5.92 Å². The van der Waals surface area contributed by atoms with Gasteiger partial charge in [-0.05, 0) is 49.4 Å². The van der Waals surface area contributed by atoms with Crippen molar-refractivity contribution in [3.63, 3.8) is 0 Å². The number of nitrogens with zero attached hydrogens (tertiary/aromatic N) is 1. The summed E-state index contributed by atoms with van der Waals surface area (Å²) in [6.07, 6.45) is 3.21. The molecule has 1 aliphatic carbocycles. The number of aromatic nitrogens is 1. The molecule has 0 spiro atoms. The number of benzene rings is 2. The van der Waals surface area contributed by atoms with Crippen LogP contribution in [0.1, 0.15) is 42.6 Å². The largest absolute Gasteiger partial charge is 0.443 e. The molecule has 0 radical (unpaired) electrons. The summed E-state index contributed by atoms with van der Waals surface area (Å²) in [6, 6.07) is 5.81. The minimum absolute atomic E-state index is 0.0373. The van der Waals surface area contributed by atoms with Crippen LogP contribution in [-0.2, 0) is 4.84 Å². The molecule has 4 rings (SSSR count). The Balaban J connectivity index is 0.00000117. The van der Waals surface area contributed by atoms with Crippen LogP contribution in [0.5, 0.6) is 0 Å². The number of amides is 1. The van der Waals surface area contributed by atoms with Gasteiger partial charge in [-0.3, -0.25) is 9.63 Å². The van der Waals surface area contributed by atoms with Crippen molar-refractivity contribution in [1.29, 1.82) is 0 Å². The van der Waals surface area contributed by atoms with E-state index in [9.17, 15) is 13.6 Å².